The van der Waals surface area contributed by atoms with Crippen LogP contribution < -0.4 is 5.32 Å². The lowest BCUT2D eigenvalue weighted by molar-refractivity contribution is 0.466. The Morgan fingerprint density at radius 3 is 2.31 bits per heavy atom. The number of aromatic hydroxyl groups is 1. The molecular weight excluding hydrogens is 198 g/mol. The standard InChI is InChI=1S/C14H21NO/c1-10(2)5-6-15-9-13-7-11(3)14(16)12(4)8-13/h5,7-8,15-16H,6,9H2,1-4H3. The molecule has 0 unspecified atom stereocenters. The van der Waals surface area contributed by atoms with Crippen molar-refractivity contribution in [2.45, 2.75) is 34.2 Å². The average molecular weight is 219 g/mol. The van der Waals surface area contributed by atoms with Crippen molar-refractivity contribution in [1.29, 1.82) is 0 Å². The molecule has 88 valence electrons. The number of phenolic OH excluding ortho intramolecular Hbond substituents is 1. The predicted octanol–water partition coefficient (Wildman–Crippen LogP) is 3.06. The number of nitrogens with one attached hydrogen (secondary N) is 1. The number of aryl methyl sites for hydroxylation is 2. The molecular formula is C14H21NO. The van der Waals surface area contributed by atoms with Gasteiger partial charge in [-0.15, -0.1) is 0 Å². The highest BCUT2D eigenvalue weighted by molar-refractivity contribution is 5.42. The minimum absolute atomic E-state index is 0.410. The highest BCUT2D eigenvalue weighted by Crippen LogP contribution is 2.22. The topological polar surface area (TPSA) is 32.3 Å². The first-order valence-electron chi connectivity index (χ1n) is 5.64. The van der Waals surface area contributed by atoms with Crippen molar-refractivity contribution in [3.05, 3.63) is 40.5 Å². The first kappa shape index (κ1) is 12.8. The molecule has 0 saturated heterocycles. The monoisotopic (exact) mass is 219 g/mol. The Hall–Kier alpha value is -1.28. The Labute approximate surface area is 98.0 Å². The van der Waals surface area contributed by atoms with E-state index in [4.69, 9.17) is 0 Å². The van der Waals surface area contributed by atoms with Gasteiger partial charge in [0.1, 0.15) is 5.75 Å². The zero-order valence-corrected chi connectivity index (χ0v) is 10.6. The SMILES string of the molecule is CC(C)=CCNCc1cc(C)c(O)c(C)c1. The lowest BCUT2D eigenvalue weighted by atomic mass is 10.1. The molecule has 16 heavy (non-hydrogen) atoms. The molecule has 2 N–H and O–H groups in total. The summed E-state index contributed by atoms with van der Waals surface area (Å²) in [5.74, 6) is 0.410. The van der Waals surface area contributed by atoms with E-state index in [0.717, 1.165) is 24.2 Å². The molecule has 0 fully saturated rings. The molecule has 0 saturated carbocycles. The van der Waals surface area contributed by atoms with Gasteiger partial charge in [0.05, 0.1) is 0 Å². The van der Waals surface area contributed by atoms with Gasteiger partial charge < -0.3 is 10.4 Å². The molecule has 1 rings (SSSR count). The smallest absolute Gasteiger partial charge is 0.121 e. The maximum absolute atomic E-state index is 9.65. The highest BCUT2D eigenvalue weighted by atomic mass is 16.3. The van der Waals surface area contributed by atoms with Crippen LogP contribution in [0.2, 0.25) is 0 Å². The molecule has 2 heteroatoms. The fourth-order valence-corrected chi connectivity index (χ4v) is 1.64. The molecule has 0 aliphatic carbocycles. The van der Waals surface area contributed by atoms with Crippen molar-refractivity contribution < 1.29 is 5.11 Å². The van der Waals surface area contributed by atoms with Crippen LogP contribution in [0, 0.1) is 13.8 Å². The molecule has 2 nitrogen and oxygen atoms in total. The van der Waals surface area contributed by atoms with E-state index in [9.17, 15) is 5.11 Å². The first-order chi connectivity index (χ1) is 7.50. The summed E-state index contributed by atoms with van der Waals surface area (Å²) in [6.07, 6.45) is 2.17. The molecule has 0 bridgehead atoms. The molecule has 0 radical (unpaired) electrons. The fourth-order valence-electron chi connectivity index (χ4n) is 1.64. The second-order valence-electron chi connectivity index (χ2n) is 4.49. The number of hydrogen-bond acceptors (Lipinski definition) is 2. The molecule has 0 amide bonds. The van der Waals surface area contributed by atoms with Gasteiger partial charge in [0, 0.05) is 13.1 Å². The van der Waals surface area contributed by atoms with Gasteiger partial charge in [-0.2, -0.15) is 0 Å². The average Bonchev–Trinajstić information content (AvgIpc) is 2.20. The number of allylic oxidation sites excluding steroid dienone is 1. The van der Waals surface area contributed by atoms with Crippen molar-refractivity contribution in [3.8, 4) is 5.75 Å². The van der Waals surface area contributed by atoms with Crippen LogP contribution in [-0.2, 0) is 6.54 Å². The lowest BCUT2D eigenvalue weighted by Gasteiger charge is -2.08. The van der Waals surface area contributed by atoms with Gasteiger partial charge in [-0.05, 0) is 44.4 Å². The summed E-state index contributed by atoms with van der Waals surface area (Å²) in [4.78, 5) is 0. The van der Waals surface area contributed by atoms with E-state index in [1.807, 2.05) is 26.0 Å². The van der Waals surface area contributed by atoms with Crippen LogP contribution in [0.15, 0.2) is 23.8 Å². The van der Waals surface area contributed by atoms with Crippen LogP contribution in [0.4, 0.5) is 0 Å². The van der Waals surface area contributed by atoms with E-state index < -0.39 is 0 Å². The van der Waals surface area contributed by atoms with Gasteiger partial charge in [-0.1, -0.05) is 23.8 Å². The summed E-state index contributed by atoms with van der Waals surface area (Å²) in [6.45, 7) is 9.78. The fraction of sp³-hybridized carbons (Fsp3) is 0.429. The van der Waals surface area contributed by atoms with E-state index >= 15 is 0 Å². The lowest BCUT2D eigenvalue weighted by Crippen LogP contribution is -2.13. The van der Waals surface area contributed by atoms with Crippen LogP contribution >= 0.6 is 0 Å². The number of phenols is 1. The van der Waals surface area contributed by atoms with E-state index in [2.05, 4.69) is 25.2 Å². The van der Waals surface area contributed by atoms with Crippen LogP contribution in [0.1, 0.15) is 30.5 Å². The molecule has 0 aromatic heterocycles. The normalized spacial score (nSPS) is 10.2. The Bertz CT molecular complexity index is 367. The summed E-state index contributed by atoms with van der Waals surface area (Å²) >= 11 is 0. The van der Waals surface area contributed by atoms with Crippen molar-refractivity contribution in [2.24, 2.45) is 0 Å². The third-order valence-corrected chi connectivity index (χ3v) is 2.53. The van der Waals surface area contributed by atoms with Crippen molar-refractivity contribution >= 4 is 0 Å². The van der Waals surface area contributed by atoms with Crippen LogP contribution in [-0.4, -0.2) is 11.7 Å². The second-order valence-corrected chi connectivity index (χ2v) is 4.49. The summed E-state index contributed by atoms with van der Waals surface area (Å²) in [7, 11) is 0. The minimum atomic E-state index is 0.410. The summed E-state index contributed by atoms with van der Waals surface area (Å²) in [6, 6.07) is 4.05. The maximum atomic E-state index is 9.65. The number of hydrogen-bond donors (Lipinski definition) is 2. The van der Waals surface area contributed by atoms with E-state index in [0.29, 0.717) is 5.75 Å². The van der Waals surface area contributed by atoms with E-state index in [1.165, 1.54) is 11.1 Å². The third-order valence-electron chi connectivity index (χ3n) is 2.53. The van der Waals surface area contributed by atoms with Crippen molar-refractivity contribution in [1.82, 2.24) is 5.32 Å². The summed E-state index contributed by atoms with van der Waals surface area (Å²) in [5.41, 5.74) is 4.43. The molecule has 0 spiro atoms. The zero-order valence-electron chi connectivity index (χ0n) is 10.6. The number of benzene rings is 1. The highest BCUT2D eigenvalue weighted by Gasteiger charge is 2.02. The molecule has 0 aliphatic rings. The van der Waals surface area contributed by atoms with Crippen molar-refractivity contribution in [2.75, 3.05) is 6.54 Å². The summed E-state index contributed by atoms with van der Waals surface area (Å²) < 4.78 is 0. The quantitative estimate of drug-likeness (QED) is 0.602. The van der Waals surface area contributed by atoms with Gasteiger partial charge in [-0.3, -0.25) is 0 Å². The van der Waals surface area contributed by atoms with E-state index in [1.54, 1.807) is 0 Å². The van der Waals surface area contributed by atoms with E-state index in [-0.39, 0.29) is 0 Å². The van der Waals surface area contributed by atoms with Gasteiger partial charge in [0.2, 0.25) is 0 Å². The third kappa shape index (κ3) is 3.70. The molecule has 1 aromatic rings. The molecule has 1 aromatic carbocycles. The summed E-state index contributed by atoms with van der Waals surface area (Å²) in [5, 5.41) is 13.0. The van der Waals surface area contributed by atoms with Crippen LogP contribution in [0.3, 0.4) is 0 Å². The molecule has 0 heterocycles. The largest absolute Gasteiger partial charge is 0.507 e. The zero-order chi connectivity index (χ0) is 12.1. The molecule has 0 atom stereocenters. The maximum Gasteiger partial charge on any atom is 0.121 e. The van der Waals surface area contributed by atoms with Gasteiger partial charge in [-0.25, -0.2) is 0 Å². The van der Waals surface area contributed by atoms with Crippen LogP contribution in [0.25, 0.3) is 0 Å². The van der Waals surface area contributed by atoms with Gasteiger partial charge in [0.15, 0.2) is 0 Å². The Morgan fingerprint density at radius 1 is 1.25 bits per heavy atom. The van der Waals surface area contributed by atoms with Crippen LogP contribution in [0.5, 0.6) is 5.75 Å². The minimum Gasteiger partial charge on any atom is -0.507 e. The first-order valence-corrected chi connectivity index (χ1v) is 5.64. The molecule has 0 aliphatic heterocycles. The van der Waals surface area contributed by atoms with Crippen molar-refractivity contribution in [3.63, 3.8) is 0 Å². The Kier molecular flexibility index (Phi) is 4.56. The second kappa shape index (κ2) is 5.71. The Morgan fingerprint density at radius 2 is 1.81 bits per heavy atom. The van der Waals surface area contributed by atoms with Gasteiger partial charge >= 0.3 is 0 Å². The van der Waals surface area contributed by atoms with Gasteiger partial charge in [0.25, 0.3) is 0 Å². The predicted molar refractivity (Wildman–Crippen MR) is 68.7 cm³/mol. The number of rotatable bonds is 4. The Balaban J connectivity index is 2.58.